The summed E-state index contributed by atoms with van der Waals surface area (Å²) < 4.78 is 13.8. The molecule has 0 unspecified atom stereocenters. The lowest BCUT2D eigenvalue weighted by atomic mass is 10.3. The zero-order valence-electron chi connectivity index (χ0n) is 36.5. The van der Waals surface area contributed by atoms with Gasteiger partial charge < -0.3 is 49.9 Å². The van der Waals surface area contributed by atoms with Gasteiger partial charge in [-0.05, 0) is 113 Å². The molecule has 6 N–H and O–H groups in total. The molecule has 0 aliphatic rings. The fraction of sp³-hybridized carbons (Fsp3) is 0.364. The Kier molecular flexibility index (Phi) is 19.0. The molecule has 0 saturated carbocycles. The van der Waals surface area contributed by atoms with E-state index >= 15 is 0 Å². The number of nitrogens with zero attached hydrogens (tertiary/aromatic N) is 2. The second kappa shape index (κ2) is 24.1. The van der Waals surface area contributed by atoms with E-state index in [1.165, 1.54) is 0 Å². The van der Waals surface area contributed by atoms with Crippen molar-refractivity contribution in [3.63, 3.8) is 0 Å². The van der Waals surface area contributed by atoms with Gasteiger partial charge in [0.15, 0.2) is 16.6 Å². The van der Waals surface area contributed by atoms with Gasteiger partial charge >= 0.3 is 32.7 Å². The summed E-state index contributed by atoms with van der Waals surface area (Å²) in [5.41, 5.74) is 2.78. The first-order valence-corrected chi connectivity index (χ1v) is 29.9. The predicted octanol–water partition coefficient (Wildman–Crippen LogP) is 9.62. The lowest BCUT2D eigenvalue weighted by molar-refractivity contribution is 0.210. The van der Waals surface area contributed by atoms with Crippen molar-refractivity contribution < 1.29 is 27.4 Å². The molecular weight excluding hydrogens is 821 g/mol. The minimum absolute atomic E-state index is 0.233. The Morgan fingerprint density at radius 3 is 1.05 bits per heavy atom. The van der Waals surface area contributed by atoms with E-state index in [4.69, 9.17) is 8.23 Å². The summed E-state index contributed by atoms with van der Waals surface area (Å²) >= 11 is 0. The fourth-order valence-electron chi connectivity index (χ4n) is 6.93. The summed E-state index contributed by atoms with van der Waals surface area (Å²) in [6, 6.07) is 37.6. The van der Waals surface area contributed by atoms with E-state index in [1.807, 2.05) is 121 Å². The third-order valence-corrected chi connectivity index (χ3v) is 20.9. The van der Waals surface area contributed by atoms with Gasteiger partial charge in [0.25, 0.3) is 0 Å². The SMILES string of the molecule is C[Si](C)(CCCN(CCNC(=O)Nc1ccccc1)C(=O)Nc1ccccc1)O[Si](C)(C)O[Si](C)(C)CCCN(CCNC(=O)Nc1ccccc1)C(=O)Nc1ccccc1. The quantitative estimate of drug-likeness (QED) is 0.0431. The summed E-state index contributed by atoms with van der Waals surface area (Å²) in [6.07, 6.45) is 1.46. The topological polar surface area (TPSA) is 165 Å². The lowest BCUT2D eigenvalue weighted by Gasteiger charge is -2.39. The van der Waals surface area contributed by atoms with Crippen LogP contribution < -0.4 is 31.9 Å². The number of benzene rings is 4. The monoisotopic (exact) mass is 884 g/mol. The van der Waals surface area contributed by atoms with Gasteiger partial charge in [0.1, 0.15) is 0 Å². The van der Waals surface area contributed by atoms with E-state index in [9.17, 15) is 19.2 Å². The minimum Gasteiger partial charge on any atom is -0.437 e. The second-order valence-electron chi connectivity index (χ2n) is 16.4. The summed E-state index contributed by atoms with van der Waals surface area (Å²) in [5, 5.41) is 17.3. The number of carbonyl (C=O) groups excluding carboxylic acids is 4. The molecular formula is C44H64N8O6Si3. The van der Waals surface area contributed by atoms with Gasteiger partial charge in [-0.3, -0.25) is 0 Å². The van der Waals surface area contributed by atoms with E-state index in [1.54, 1.807) is 9.80 Å². The van der Waals surface area contributed by atoms with Crippen molar-refractivity contribution in [2.24, 2.45) is 0 Å². The normalized spacial score (nSPS) is 11.5. The number of anilines is 4. The molecule has 14 nitrogen and oxygen atoms in total. The third kappa shape index (κ3) is 19.2. The number of nitrogens with one attached hydrogen (secondary N) is 6. The molecule has 4 rings (SSSR count). The molecule has 0 aromatic heterocycles. The molecule has 0 saturated heterocycles. The van der Waals surface area contributed by atoms with E-state index in [-0.39, 0.29) is 37.2 Å². The highest BCUT2D eigenvalue weighted by molar-refractivity contribution is 6.87. The number of rotatable bonds is 22. The van der Waals surface area contributed by atoms with Crippen LogP contribution in [0.5, 0.6) is 0 Å². The first-order chi connectivity index (χ1) is 29.1. The molecule has 0 atom stereocenters. The lowest BCUT2D eigenvalue weighted by Crippen LogP contribution is -2.52. The van der Waals surface area contributed by atoms with Crippen LogP contribution in [0.15, 0.2) is 121 Å². The highest BCUT2D eigenvalue weighted by atomic mass is 28.5. The number of urea groups is 4. The summed E-state index contributed by atoms with van der Waals surface area (Å²) in [4.78, 5) is 55.4. The number of hydrogen-bond acceptors (Lipinski definition) is 6. The first-order valence-electron chi connectivity index (χ1n) is 20.9. The fourth-order valence-corrected chi connectivity index (χ4v) is 20.9. The molecule has 17 heteroatoms. The average molecular weight is 885 g/mol. The van der Waals surface area contributed by atoms with Crippen molar-refractivity contribution in [1.29, 1.82) is 0 Å². The van der Waals surface area contributed by atoms with Gasteiger partial charge in [0.05, 0.1) is 0 Å². The van der Waals surface area contributed by atoms with Crippen LogP contribution >= 0.6 is 0 Å². The van der Waals surface area contributed by atoms with E-state index < -0.39 is 25.2 Å². The highest BCUT2D eigenvalue weighted by Crippen LogP contribution is 2.26. The smallest absolute Gasteiger partial charge is 0.321 e. The Morgan fingerprint density at radius 1 is 0.443 bits per heavy atom. The molecule has 61 heavy (non-hydrogen) atoms. The Hall–Kier alpha value is -5.47. The van der Waals surface area contributed by atoms with Crippen LogP contribution in [0.3, 0.4) is 0 Å². The number of hydrogen-bond donors (Lipinski definition) is 6. The molecule has 4 aromatic carbocycles. The molecule has 0 heterocycles. The van der Waals surface area contributed by atoms with Crippen LogP contribution in [0.2, 0.25) is 51.4 Å². The van der Waals surface area contributed by atoms with E-state index in [0.29, 0.717) is 48.9 Å². The predicted molar refractivity (Wildman–Crippen MR) is 254 cm³/mol. The minimum atomic E-state index is -2.58. The van der Waals surface area contributed by atoms with E-state index in [2.05, 4.69) is 71.2 Å². The van der Waals surface area contributed by atoms with E-state index in [0.717, 1.165) is 24.9 Å². The van der Waals surface area contributed by atoms with Crippen molar-refractivity contribution in [3.8, 4) is 0 Å². The van der Waals surface area contributed by atoms with Crippen molar-refractivity contribution >= 4 is 72.1 Å². The van der Waals surface area contributed by atoms with Gasteiger partial charge in [-0.25, -0.2) is 19.2 Å². The van der Waals surface area contributed by atoms with Crippen LogP contribution in [0.1, 0.15) is 12.8 Å². The van der Waals surface area contributed by atoms with Gasteiger partial charge in [-0.2, -0.15) is 0 Å². The molecule has 0 spiro atoms. The van der Waals surface area contributed by atoms with Gasteiger partial charge in [-0.15, -0.1) is 0 Å². The summed E-state index contributed by atoms with van der Waals surface area (Å²) in [5.74, 6) is 0. The van der Waals surface area contributed by atoms with Crippen LogP contribution in [-0.4, -0.2) is 98.4 Å². The molecule has 0 bridgehead atoms. The number of para-hydroxylation sites is 4. The first kappa shape index (κ1) is 48.2. The van der Waals surface area contributed by atoms with Crippen molar-refractivity contribution in [1.82, 2.24) is 20.4 Å². The van der Waals surface area contributed by atoms with Crippen molar-refractivity contribution in [3.05, 3.63) is 121 Å². The molecule has 0 aliphatic heterocycles. The third-order valence-electron chi connectivity index (χ3n) is 9.48. The van der Waals surface area contributed by atoms with Crippen molar-refractivity contribution in [2.75, 3.05) is 60.5 Å². The molecule has 8 amide bonds. The van der Waals surface area contributed by atoms with Crippen LogP contribution in [0, 0.1) is 0 Å². The maximum absolute atomic E-state index is 13.4. The van der Waals surface area contributed by atoms with Crippen molar-refractivity contribution in [2.45, 2.75) is 64.2 Å². The average Bonchev–Trinajstić information content (AvgIpc) is 3.20. The zero-order chi connectivity index (χ0) is 44.1. The standard InChI is InChI=1S/C44H64N8O6Si3/c1-59(2,35-19-31-51(43(55)49-39-25-15-9-16-26-39)33-29-45-41(53)47-37-21-11-7-12-22-37)57-61(5,6)58-60(3,4)36-20-32-52(44(56)50-40-27-17-10-18-28-40)34-30-46-42(54)48-38-23-13-8-14-24-38/h7-18,21-28H,19-20,29-36H2,1-6H3,(H,49,55)(H,50,56)(H2,45,47,53)(H2,46,48,54). The van der Waals surface area contributed by atoms with Crippen LogP contribution in [0.25, 0.3) is 0 Å². The molecule has 0 radical (unpaired) electrons. The Bertz CT molecular complexity index is 1810. The molecule has 0 fully saturated rings. The van der Waals surface area contributed by atoms with Gasteiger partial charge in [0.2, 0.25) is 0 Å². The highest BCUT2D eigenvalue weighted by Gasteiger charge is 2.39. The summed E-state index contributed by atoms with van der Waals surface area (Å²) in [7, 11) is -7.05. The maximum atomic E-state index is 13.4. The maximum Gasteiger partial charge on any atom is 0.321 e. The zero-order valence-corrected chi connectivity index (χ0v) is 39.5. The largest absolute Gasteiger partial charge is 0.437 e. The Morgan fingerprint density at radius 2 is 0.738 bits per heavy atom. The molecule has 4 aromatic rings. The number of carbonyl (C=O) groups is 4. The number of amides is 8. The summed E-state index contributed by atoms with van der Waals surface area (Å²) in [6.45, 7) is 15.2. The Balaban J connectivity index is 1.27. The van der Waals surface area contributed by atoms with Gasteiger partial charge in [-0.1, -0.05) is 72.8 Å². The van der Waals surface area contributed by atoms with Gasteiger partial charge in [0, 0.05) is 62.0 Å². The van der Waals surface area contributed by atoms with Crippen LogP contribution in [-0.2, 0) is 8.23 Å². The molecule has 328 valence electrons. The van der Waals surface area contributed by atoms with Crippen LogP contribution in [0.4, 0.5) is 41.9 Å². The second-order valence-corrected chi connectivity index (χ2v) is 28.9. The Labute approximate surface area is 364 Å². The molecule has 0 aliphatic carbocycles.